The molecule has 0 saturated heterocycles. The maximum Gasteiger partial charge on any atom is 0.0823 e. The summed E-state index contributed by atoms with van der Waals surface area (Å²) in [5.41, 5.74) is 0.904. The minimum Gasteiger partial charge on any atom is -0.377 e. The molecule has 0 bridgehead atoms. The summed E-state index contributed by atoms with van der Waals surface area (Å²) in [6, 6.07) is 3.64. The molecule has 0 aromatic heterocycles. The number of anilines is 1. The van der Waals surface area contributed by atoms with Crippen LogP contribution in [0.5, 0.6) is 0 Å². The van der Waals surface area contributed by atoms with E-state index >= 15 is 0 Å². The number of halogens is 2. The molecule has 63 valence electrons. The zero-order chi connectivity index (χ0) is 9.30. The highest BCUT2D eigenvalue weighted by Gasteiger charge is 2.08. The summed E-state index contributed by atoms with van der Waals surface area (Å²) < 4.78 is 0. The maximum atomic E-state index is 5.99. The molecule has 0 N–H and O–H groups in total. The summed E-state index contributed by atoms with van der Waals surface area (Å²) >= 11 is 11.8. The van der Waals surface area contributed by atoms with Gasteiger partial charge in [-0.1, -0.05) is 29.3 Å². The summed E-state index contributed by atoms with van der Waals surface area (Å²) in [4.78, 5) is 1.91. The fourth-order valence-corrected chi connectivity index (χ4v) is 1.97. The van der Waals surface area contributed by atoms with Gasteiger partial charge in [-0.2, -0.15) is 0 Å². The van der Waals surface area contributed by atoms with Crippen molar-refractivity contribution in [3.05, 3.63) is 22.2 Å². The van der Waals surface area contributed by atoms with Crippen LogP contribution >= 0.6 is 23.2 Å². The standard InChI is InChI=1S/C8H8Cl2NSi/c1-11(2)8-6(12)4-3-5(9)7(8)10/h3-4H,1-2H3. The van der Waals surface area contributed by atoms with Crippen LogP contribution in [0.1, 0.15) is 0 Å². The Hall–Kier alpha value is -0.183. The van der Waals surface area contributed by atoms with Gasteiger partial charge in [0.1, 0.15) is 0 Å². The Morgan fingerprint density at radius 2 is 1.83 bits per heavy atom. The van der Waals surface area contributed by atoms with E-state index in [-0.39, 0.29) is 0 Å². The molecule has 0 saturated carbocycles. The fourth-order valence-electron chi connectivity index (χ4n) is 0.977. The van der Waals surface area contributed by atoms with Crippen molar-refractivity contribution in [2.45, 2.75) is 0 Å². The van der Waals surface area contributed by atoms with Crippen LogP contribution in [0.3, 0.4) is 0 Å². The first-order valence-corrected chi connectivity index (χ1v) is 4.66. The number of rotatable bonds is 1. The van der Waals surface area contributed by atoms with Crippen LogP contribution in [-0.4, -0.2) is 24.3 Å². The molecule has 4 heteroatoms. The first-order chi connectivity index (χ1) is 5.54. The summed E-state index contributed by atoms with van der Waals surface area (Å²) in [6.45, 7) is 0. The van der Waals surface area contributed by atoms with Crippen molar-refractivity contribution in [3.63, 3.8) is 0 Å². The van der Waals surface area contributed by atoms with Gasteiger partial charge < -0.3 is 4.90 Å². The Bertz CT molecular complexity index is 299. The second-order valence-corrected chi connectivity index (χ2v) is 3.98. The van der Waals surface area contributed by atoms with E-state index in [2.05, 4.69) is 10.2 Å². The van der Waals surface area contributed by atoms with E-state index in [0.29, 0.717) is 10.0 Å². The van der Waals surface area contributed by atoms with Gasteiger partial charge in [-0.3, -0.25) is 0 Å². The molecule has 12 heavy (non-hydrogen) atoms. The monoisotopic (exact) mass is 216 g/mol. The Morgan fingerprint density at radius 3 is 2.25 bits per heavy atom. The zero-order valence-corrected chi connectivity index (χ0v) is 9.37. The van der Waals surface area contributed by atoms with Crippen molar-refractivity contribution < 1.29 is 0 Å². The van der Waals surface area contributed by atoms with Gasteiger partial charge in [0.05, 0.1) is 26.0 Å². The van der Waals surface area contributed by atoms with E-state index in [1.165, 1.54) is 0 Å². The number of benzene rings is 1. The largest absolute Gasteiger partial charge is 0.377 e. The Balaban J connectivity index is 3.33. The molecule has 0 amide bonds. The van der Waals surface area contributed by atoms with Crippen LogP contribution in [-0.2, 0) is 0 Å². The molecule has 3 radical (unpaired) electrons. The van der Waals surface area contributed by atoms with E-state index < -0.39 is 0 Å². The second kappa shape index (κ2) is 3.69. The second-order valence-electron chi connectivity index (χ2n) is 2.65. The van der Waals surface area contributed by atoms with Crippen molar-refractivity contribution in [1.82, 2.24) is 0 Å². The molecule has 0 atom stereocenters. The van der Waals surface area contributed by atoms with Gasteiger partial charge in [0.25, 0.3) is 0 Å². The molecule has 1 aromatic rings. The Labute approximate surface area is 85.7 Å². The number of hydrogen-bond acceptors (Lipinski definition) is 1. The first-order valence-electron chi connectivity index (χ1n) is 3.41. The van der Waals surface area contributed by atoms with Crippen molar-refractivity contribution in [2.24, 2.45) is 0 Å². The predicted octanol–water partition coefficient (Wildman–Crippen LogP) is 1.85. The lowest BCUT2D eigenvalue weighted by atomic mass is 10.3. The van der Waals surface area contributed by atoms with Gasteiger partial charge in [0, 0.05) is 14.1 Å². The molecule has 1 rings (SSSR count). The first kappa shape index (κ1) is 9.90. The van der Waals surface area contributed by atoms with E-state index in [1.54, 1.807) is 6.07 Å². The zero-order valence-electron chi connectivity index (χ0n) is 6.86. The molecule has 0 spiro atoms. The lowest BCUT2D eigenvalue weighted by Crippen LogP contribution is -2.19. The van der Waals surface area contributed by atoms with Crippen molar-refractivity contribution >= 4 is 44.3 Å². The average Bonchev–Trinajstić information content (AvgIpc) is 1.97. The van der Waals surface area contributed by atoms with Crippen LogP contribution in [0.2, 0.25) is 10.0 Å². The third kappa shape index (κ3) is 1.76. The lowest BCUT2D eigenvalue weighted by molar-refractivity contribution is 1.14. The van der Waals surface area contributed by atoms with Gasteiger partial charge in [-0.25, -0.2) is 0 Å². The molecule has 0 fully saturated rings. The lowest BCUT2D eigenvalue weighted by Gasteiger charge is -2.17. The summed E-state index contributed by atoms with van der Waals surface area (Å²) in [5, 5.41) is 2.09. The molecule has 0 aliphatic rings. The van der Waals surface area contributed by atoms with Crippen LogP contribution in [0.4, 0.5) is 5.69 Å². The van der Waals surface area contributed by atoms with Crippen molar-refractivity contribution in [3.8, 4) is 0 Å². The maximum absolute atomic E-state index is 5.99. The normalized spacial score (nSPS) is 10.1. The average molecular weight is 217 g/mol. The molecule has 0 aliphatic heterocycles. The van der Waals surface area contributed by atoms with Gasteiger partial charge in [-0.05, 0) is 11.3 Å². The molecule has 1 nitrogen and oxygen atoms in total. The number of hydrogen-bond donors (Lipinski definition) is 0. The Morgan fingerprint density at radius 1 is 1.25 bits per heavy atom. The van der Waals surface area contributed by atoms with Crippen molar-refractivity contribution in [1.29, 1.82) is 0 Å². The number of nitrogens with zero attached hydrogens (tertiary/aromatic N) is 1. The van der Waals surface area contributed by atoms with Gasteiger partial charge >= 0.3 is 0 Å². The minimum atomic E-state index is 0.572. The van der Waals surface area contributed by atoms with Crippen LogP contribution < -0.4 is 10.1 Å². The van der Waals surface area contributed by atoms with E-state index in [4.69, 9.17) is 23.2 Å². The molecule has 1 aromatic carbocycles. The highest BCUT2D eigenvalue weighted by molar-refractivity contribution is 6.47. The molecular formula is C8H8Cl2NSi. The van der Waals surface area contributed by atoms with Gasteiger partial charge in [0.2, 0.25) is 0 Å². The SMILES string of the molecule is CN(C)c1c([Si])ccc(Cl)c1Cl. The van der Waals surface area contributed by atoms with E-state index in [0.717, 1.165) is 10.9 Å². The van der Waals surface area contributed by atoms with Crippen LogP contribution in [0.15, 0.2) is 12.1 Å². The topological polar surface area (TPSA) is 3.24 Å². The van der Waals surface area contributed by atoms with E-state index in [1.807, 2.05) is 25.1 Å². The quantitative estimate of drug-likeness (QED) is 0.649. The highest BCUT2D eigenvalue weighted by Crippen LogP contribution is 2.29. The fraction of sp³-hybridized carbons (Fsp3) is 0.250. The third-order valence-electron chi connectivity index (χ3n) is 1.52. The van der Waals surface area contributed by atoms with E-state index in [9.17, 15) is 0 Å². The molecule has 0 unspecified atom stereocenters. The predicted molar refractivity (Wildman–Crippen MR) is 56.2 cm³/mol. The molecule has 0 heterocycles. The summed E-state index contributed by atoms with van der Waals surface area (Å²) in [5.74, 6) is 0. The van der Waals surface area contributed by atoms with Crippen LogP contribution in [0.25, 0.3) is 0 Å². The molecular weight excluding hydrogens is 209 g/mol. The third-order valence-corrected chi connectivity index (χ3v) is 2.71. The Kier molecular flexibility index (Phi) is 3.04. The summed E-state index contributed by atoms with van der Waals surface area (Å²) in [7, 11) is 7.28. The minimum absolute atomic E-state index is 0.572. The van der Waals surface area contributed by atoms with Gasteiger partial charge in [0.15, 0.2) is 0 Å². The van der Waals surface area contributed by atoms with Crippen LogP contribution in [0, 0.1) is 0 Å². The molecule has 0 aliphatic carbocycles. The highest BCUT2D eigenvalue weighted by atomic mass is 35.5. The smallest absolute Gasteiger partial charge is 0.0823 e. The van der Waals surface area contributed by atoms with Gasteiger partial charge in [-0.15, -0.1) is 0 Å². The summed E-state index contributed by atoms with van der Waals surface area (Å²) in [6.07, 6.45) is 0. The van der Waals surface area contributed by atoms with Crippen molar-refractivity contribution in [2.75, 3.05) is 19.0 Å².